The number of fused-ring (bicyclic) bond motifs is 5. The molecule has 9 aromatic carbocycles. The Hall–Kier alpha value is -5.31. The molecule has 10 heteroatoms. The molecule has 0 radical (unpaired) electrons. The maximum atomic E-state index is 15.1. The van der Waals surface area contributed by atoms with Gasteiger partial charge in [0, 0.05) is 5.41 Å². The van der Waals surface area contributed by atoms with Crippen molar-refractivity contribution in [2.24, 2.45) is 0 Å². The number of rotatable bonds is 17. The molecule has 12 rings (SSSR count). The van der Waals surface area contributed by atoms with E-state index < -0.39 is 23.6 Å². The fraction of sp³-hybridized carbons (Fsp3) is 0.284. The summed E-state index contributed by atoms with van der Waals surface area (Å²) in [4.78, 5) is 61.9. The van der Waals surface area contributed by atoms with Crippen LogP contribution in [0.15, 0.2) is 109 Å². The Labute approximate surface area is 485 Å². The molecular formula is C67H58Cr4N2O4. The number of anilines is 2. The molecule has 0 unspecified atom stereocenters. The molecule has 9 aromatic rings. The zero-order valence-electron chi connectivity index (χ0n) is 44.0. The van der Waals surface area contributed by atoms with Gasteiger partial charge in [-0.05, 0) is 36.5 Å². The van der Waals surface area contributed by atoms with Gasteiger partial charge < -0.3 is 0 Å². The number of carbonyl (C=O) groups excluding carboxylic acids is 4. The zero-order valence-corrected chi connectivity index (χ0v) is 49.1. The second kappa shape index (κ2) is 20.7. The minimum absolute atomic E-state index is 0.0565. The summed E-state index contributed by atoms with van der Waals surface area (Å²) in [6, 6.07) is 36.9. The van der Waals surface area contributed by atoms with Crippen molar-refractivity contribution in [1.82, 2.24) is 0 Å². The van der Waals surface area contributed by atoms with Crippen LogP contribution >= 0.6 is 0 Å². The monoisotopic (exact) mass is 1160 g/mol. The van der Waals surface area contributed by atoms with E-state index >= 15 is 9.59 Å². The first-order valence-electron chi connectivity index (χ1n) is 27.5. The number of amides is 4. The third-order valence-corrected chi connectivity index (χ3v) is 19.1. The van der Waals surface area contributed by atoms with Gasteiger partial charge in [-0.25, -0.2) is 0 Å². The first-order valence-corrected chi connectivity index (χ1v) is 30.1. The van der Waals surface area contributed by atoms with E-state index in [9.17, 15) is 9.59 Å². The van der Waals surface area contributed by atoms with E-state index in [-0.39, 0.29) is 5.41 Å². The van der Waals surface area contributed by atoms with Crippen molar-refractivity contribution in [2.75, 3.05) is 9.80 Å². The van der Waals surface area contributed by atoms with E-state index in [0.29, 0.717) is 44.4 Å². The van der Waals surface area contributed by atoms with Crippen molar-refractivity contribution in [3.05, 3.63) is 154 Å². The van der Waals surface area contributed by atoms with Crippen molar-refractivity contribution in [2.45, 2.75) is 123 Å². The molecule has 0 atom stereocenters. The molecule has 0 fully saturated rings. The van der Waals surface area contributed by atoms with Crippen molar-refractivity contribution >= 4 is 95.8 Å². The molecular weight excluding hydrogens is 1100 g/mol. The molecule has 2 heterocycles. The Morgan fingerprint density at radius 2 is 0.701 bits per heavy atom. The third kappa shape index (κ3) is 8.45. The fourth-order valence-corrected chi connectivity index (χ4v) is 15.4. The number of imide groups is 2. The molecule has 0 saturated heterocycles. The summed E-state index contributed by atoms with van der Waals surface area (Å²) in [5, 5.41) is 5.99. The second-order valence-corrected chi connectivity index (χ2v) is 24.6. The molecule has 6 nitrogen and oxygen atoms in total. The Balaban J connectivity index is 0.922. The number of benzene rings is 9. The average molecular weight is 1160 g/mol. The van der Waals surface area contributed by atoms with Crippen molar-refractivity contribution in [3.8, 4) is 22.3 Å². The summed E-state index contributed by atoms with van der Waals surface area (Å²) < 4.78 is 2.89. The number of aryl methyl sites for hydroxylation is 2. The summed E-state index contributed by atoms with van der Waals surface area (Å²) >= 11 is 13.1. The summed E-state index contributed by atoms with van der Waals surface area (Å²) in [5.41, 5.74) is 12.8. The SMILES string of the molecule is CCCCCCCCC1(CCCCCCCC)c2cc(C)ccc2-c2ccc(-c3ccc(N4C(=O)c5c[c]([Cr])c6c7[c]([Cr])cc8c9c(c[c]([Cr])c(c%10[c]([Cr])cc(c5c6%10)C4=O)c97)C(=O)N(c4ccc(C)cc4)C8=O)cc3)cc21. The van der Waals surface area contributed by atoms with Gasteiger partial charge in [-0.3, -0.25) is 0 Å². The third-order valence-electron chi connectivity index (χ3n) is 17.1. The Morgan fingerprint density at radius 3 is 1.13 bits per heavy atom. The normalized spacial score (nSPS) is 14.5. The topological polar surface area (TPSA) is 74.8 Å². The minimum atomic E-state index is -0.396. The predicted octanol–water partition coefficient (Wildman–Crippen LogP) is 14.1. The first-order chi connectivity index (χ1) is 37.3. The van der Waals surface area contributed by atoms with E-state index in [1.54, 1.807) is 12.1 Å². The van der Waals surface area contributed by atoms with Crippen LogP contribution in [0.5, 0.6) is 0 Å². The summed E-state index contributed by atoms with van der Waals surface area (Å²) in [5.74, 6) is -1.58. The zero-order chi connectivity index (χ0) is 53.6. The van der Waals surface area contributed by atoms with E-state index in [1.165, 1.54) is 115 Å². The number of unbranched alkanes of at least 4 members (excludes halogenated alkanes) is 10. The molecule has 0 saturated carbocycles. The van der Waals surface area contributed by atoms with Crippen molar-refractivity contribution < 1.29 is 84.3 Å². The molecule has 77 heavy (non-hydrogen) atoms. The van der Waals surface area contributed by atoms with Gasteiger partial charge in [0.05, 0.1) is 0 Å². The molecule has 2 aliphatic heterocycles. The van der Waals surface area contributed by atoms with Gasteiger partial charge >= 0.3 is 332 Å². The standard InChI is InChI=1S/C67H58N2O4.4Cr/c1-5-7-9-11-13-15-37-67(38-16-14-12-10-8-6-2)57-39-42(4)19-27-47(57)48-28-22-44(40-58(48)67)43-20-25-46(26-21-43)69-65(72)55-35-31-51-49-29-33-53-61-54(64(71)68(63(53)70)45-23-17-41(3)18-24-45)34-30-50(59(49)61)52-32-36-56(66(69)73)62(55)60(51)52;;;;/h17-28,33-36,39-40H,5-16,37-38H2,1-4H3;;;;. The Bertz CT molecular complexity index is 3810. The van der Waals surface area contributed by atoms with Gasteiger partial charge in [-0.15, -0.1) is 0 Å². The van der Waals surface area contributed by atoms with Crippen LogP contribution < -0.4 is 27.5 Å². The van der Waals surface area contributed by atoms with Crippen LogP contribution in [-0.2, 0) is 70.6 Å². The molecule has 3 aliphatic rings. The van der Waals surface area contributed by atoms with Gasteiger partial charge in [0.1, 0.15) is 0 Å². The molecule has 4 amide bonds. The van der Waals surface area contributed by atoms with Crippen LogP contribution in [0.2, 0.25) is 0 Å². The Morgan fingerprint density at radius 1 is 0.351 bits per heavy atom. The first kappa shape index (κ1) is 52.4. The second-order valence-electron chi connectivity index (χ2n) is 21.9. The van der Waals surface area contributed by atoms with Crippen LogP contribution in [0.4, 0.5) is 11.4 Å². The van der Waals surface area contributed by atoms with Gasteiger partial charge in [-0.2, -0.15) is 0 Å². The molecule has 1 aliphatic carbocycles. The predicted molar refractivity (Wildman–Crippen MR) is 298 cm³/mol. The quantitative estimate of drug-likeness (QED) is 0.0394. The summed E-state index contributed by atoms with van der Waals surface area (Å²) in [6.07, 6.45) is 17.5. The van der Waals surface area contributed by atoms with E-state index in [1.807, 2.05) is 55.5 Å². The molecule has 0 bridgehead atoms. The van der Waals surface area contributed by atoms with Crippen LogP contribution in [0, 0.1) is 13.8 Å². The number of hydrogen-bond acceptors (Lipinski definition) is 4. The van der Waals surface area contributed by atoms with Crippen LogP contribution in [0.25, 0.3) is 65.3 Å². The van der Waals surface area contributed by atoms with E-state index in [0.717, 1.165) is 79.6 Å². The average Bonchev–Trinajstić information content (AvgIpc) is 3.88. The molecule has 384 valence electrons. The fourth-order valence-electron chi connectivity index (χ4n) is 13.3. The summed E-state index contributed by atoms with van der Waals surface area (Å²) in [6.45, 7) is 8.77. The van der Waals surface area contributed by atoms with Crippen molar-refractivity contribution in [3.63, 3.8) is 0 Å². The molecule has 0 aromatic heterocycles. The van der Waals surface area contributed by atoms with E-state index in [2.05, 4.69) is 134 Å². The Kier molecular flexibility index (Phi) is 14.1. The molecule has 0 spiro atoms. The van der Waals surface area contributed by atoms with Gasteiger partial charge in [0.25, 0.3) is 0 Å². The number of nitrogens with zero attached hydrogens (tertiary/aromatic N) is 2. The number of carbonyl (C=O) groups is 4. The van der Waals surface area contributed by atoms with Gasteiger partial charge in [0.15, 0.2) is 0 Å². The van der Waals surface area contributed by atoms with Crippen LogP contribution in [0.3, 0.4) is 0 Å². The van der Waals surface area contributed by atoms with Crippen molar-refractivity contribution in [1.29, 1.82) is 0 Å². The maximum absolute atomic E-state index is 15.1. The van der Waals surface area contributed by atoms with Crippen LogP contribution in [-0.4, -0.2) is 23.6 Å². The van der Waals surface area contributed by atoms with Crippen LogP contribution in [0.1, 0.15) is 167 Å². The van der Waals surface area contributed by atoms with E-state index in [4.69, 9.17) is 0 Å². The van der Waals surface area contributed by atoms with Gasteiger partial charge in [0.2, 0.25) is 0 Å². The molecule has 0 N–H and O–H groups in total. The van der Waals surface area contributed by atoms with Gasteiger partial charge in [-0.1, -0.05) is 115 Å². The number of hydrogen-bond donors (Lipinski definition) is 0. The summed E-state index contributed by atoms with van der Waals surface area (Å²) in [7, 11) is 0.